The largest absolute Gasteiger partial charge is 0.379 e. The Labute approximate surface area is 195 Å². The van der Waals surface area contributed by atoms with E-state index < -0.39 is 0 Å². The molecule has 2 heterocycles. The molecule has 1 aromatic carbocycles. The van der Waals surface area contributed by atoms with E-state index in [1.807, 2.05) is 30.5 Å². The zero-order chi connectivity index (χ0) is 22.4. The minimum atomic E-state index is 0.0120. The fourth-order valence-corrected chi connectivity index (χ4v) is 7.72. The van der Waals surface area contributed by atoms with Crippen LogP contribution in [0.2, 0.25) is 0 Å². The van der Waals surface area contributed by atoms with Gasteiger partial charge in [-0.3, -0.25) is 14.5 Å². The van der Waals surface area contributed by atoms with Gasteiger partial charge < -0.3 is 14.6 Å². The first-order valence-corrected chi connectivity index (χ1v) is 12.8. The fourth-order valence-electron chi connectivity index (χ4n) is 7.72. The molecule has 0 spiro atoms. The third kappa shape index (κ3) is 4.24. The van der Waals surface area contributed by atoms with Gasteiger partial charge in [0.1, 0.15) is 0 Å². The molecule has 6 heteroatoms. The third-order valence-corrected chi connectivity index (χ3v) is 8.75. The van der Waals surface area contributed by atoms with Gasteiger partial charge in [-0.2, -0.15) is 0 Å². The summed E-state index contributed by atoms with van der Waals surface area (Å²) in [5.41, 5.74) is 0.993. The molecule has 5 fully saturated rings. The van der Waals surface area contributed by atoms with Crippen molar-refractivity contribution in [3.63, 3.8) is 0 Å². The summed E-state index contributed by atoms with van der Waals surface area (Å²) in [5, 5.41) is 4.69. The van der Waals surface area contributed by atoms with E-state index in [4.69, 9.17) is 4.74 Å². The lowest BCUT2D eigenvalue weighted by atomic mass is 9.49. The average molecular weight is 450 g/mol. The van der Waals surface area contributed by atoms with Gasteiger partial charge in [0.15, 0.2) is 0 Å². The molecule has 0 radical (unpaired) electrons. The van der Waals surface area contributed by atoms with Gasteiger partial charge in [-0.15, -0.1) is 0 Å². The van der Waals surface area contributed by atoms with Crippen LogP contribution in [0.1, 0.15) is 44.9 Å². The van der Waals surface area contributed by atoms with E-state index in [0.29, 0.717) is 18.4 Å². The van der Waals surface area contributed by atoms with Crippen LogP contribution in [-0.2, 0) is 16.1 Å². The number of morpholine rings is 1. The first-order chi connectivity index (χ1) is 16.1. The molecule has 4 aliphatic carbocycles. The van der Waals surface area contributed by atoms with Crippen LogP contribution >= 0.6 is 0 Å². The summed E-state index contributed by atoms with van der Waals surface area (Å²) < 4.78 is 7.20. The summed E-state index contributed by atoms with van der Waals surface area (Å²) in [5.74, 6) is 2.65. The third-order valence-electron chi connectivity index (χ3n) is 8.75. The Morgan fingerprint density at radius 1 is 0.970 bits per heavy atom. The van der Waals surface area contributed by atoms with Gasteiger partial charge in [0.05, 0.1) is 13.2 Å². The number of fused-ring (bicyclic) bond motifs is 1. The molecule has 1 amide bonds. The van der Waals surface area contributed by atoms with E-state index in [1.54, 1.807) is 4.57 Å². The van der Waals surface area contributed by atoms with Crippen LogP contribution in [0.25, 0.3) is 10.8 Å². The second-order valence-electron chi connectivity index (χ2n) is 11.2. The van der Waals surface area contributed by atoms with Gasteiger partial charge in [-0.05, 0) is 79.9 Å². The van der Waals surface area contributed by atoms with Crippen LogP contribution in [0.15, 0.2) is 35.3 Å². The summed E-state index contributed by atoms with van der Waals surface area (Å²) in [6, 6.07) is 7.67. The van der Waals surface area contributed by atoms with Crippen molar-refractivity contribution in [3.8, 4) is 0 Å². The van der Waals surface area contributed by atoms with Crippen molar-refractivity contribution in [2.75, 3.05) is 38.2 Å². The monoisotopic (exact) mass is 449 g/mol. The Hall–Kier alpha value is -2.18. The van der Waals surface area contributed by atoms with Crippen molar-refractivity contribution < 1.29 is 9.53 Å². The van der Waals surface area contributed by atoms with Crippen molar-refractivity contribution in [2.24, 2.45) is 23.2 Å². The standard InChI is InChI=1S/C27H35N3O3/c31-25(18-27-15-19-12-20(16-27)14-21(13-19)17-27)28-24-3-1-2-23-22(24)4-5-30(26(23)32)7-6-29-8-10-33-11-9-29/h1-5,19-21H,6-18H2,(H,28,31). The zero-order valence-corrected chi connectivity index (χ0v) is 19.4. The smallest absolute Gasteiger partial charge is 0.258 e. The highest BCUT2D eigenvalue weighted by Gasteiger charge is 2.51. The van der Waals surface area contributed by atoms with Gasteiger partial charge in [-0.25, -0.2) is 0 Å². The highest BCUT2D eigenvalue weighted by atomic mass is 16.5. The summed E-state index contributed by atoms with van der Waals surface area (Å²) >= 11 is 0. The molecule has 176 valence electrons. The maximum Gasteiger partial charge on any atom is 0.258 e. The molecular formula is C27H35N3O3. The van der Waals surface area contributed by atoms with Crippen LogP contribution in [-0.4, -0.2) is 48.2 Å². The number of aromatic nitrogens is 1. The number of ether oxygens (including phenoxy) is 1. The van der Waals surface area contributed by atoms with Crippen molar-refractivity contribution in [1.82, 2.24) is 9.47 Å². The van der Waals surface area contributed by atoms with Crippen LogP contribution in [0, 0.1) is 23.2 Å². The number of hydrogen-bond donors (Lipinski definition) is 1. The Kier molecular flexibility index (Phi) is 5.53. The second-order valence-corrected chi connectivity index (χ2v) is 11.2. The van der Waals surface area contributed by atoms with Crippen LogP contribution in [0.5, 0.6) is 0 Å². The van der Waals surface area contributed by atoms with E-state index in [2.05, 4.69) is 10.2 Å². The molecule has 7 rings (SSSR count). The molecule has 4 saturated carbocycles. The van der Waals surface area contributed by atoms with Gasteiger partial charge in [0.25, 0.3) is 5.56 Å². The number of carbonyl (C=O) groups is 1. The Morgan fingerprint density at radius 2 is 1.67 bits per heavy atom. The number of benzene rings is 1. The number of nitrogens with one attached hydrogen (secondary N) is 1. The number of anilines is 1. The van der Waals surface area contributed by atoms with Crippen molar-refractivity contribution in [3.05, 3.63) is 40.8 Å². The maximum absolute atomic E-state index is 13.2. The van der Waals surface area contributed by atoms with E-state index in [0.717, 1.165) is 61.7 Å². The minimum Gasteiger partial charge on any atom is -0.379 e. The number of nitrogens with zero attached hydrogens (tertiary/aromatic N) is 2. The van der Waals surface area contributed by atoms with Crippen molar-refractivity contribution >= 4 is 22.4 Å². The lowest BCUT2D eigenvalue weighted by molar-refractivity contribution is -0.124. The fraction of sp³-hybridized carbons (Fsp3) is 0.630. The highest BCUT2D eigenvalue weighted by molar-refractivity contribution is 6.02. The van der Waals surface area contributed by atoms with Crippen LogP contribution in [0.4, 0.5) is 5.69 Å². The Bertz CT molecular complexity index is 1070. The van der Waals surface area contributed by atoms with E-state index >= 15 is 0 Å². The number of amides is 1. The van der Waals surface area contributed by atoms with Gasteiger partial charge >= 0.3 is 0 Å². The van der Waals surface area contributed by atoms with Crippen molar-refractivity contribution in [1.29, 1.82) is 0 Å². The first kappa shape index (κ1) is 21.4. The summed E-state index contributed by atoms with van der Waals surface area (Å²) in [6.07, 6.45) is 10.4. The number of pyridine rings is 1. The van der Waals surface area contributed by atoms with Gasteiger partial charge in [0, 0.05) is 55.3 Å². The van der Waals surface area contributed by atoms with E-state index in [9.17, 15) is 9.59 Å². The quantitative estimate of drug-likeness (QED) is 0.727. The summed E-state index contributed by atoms with van der Waals surface area (Å²) in [6.45, 7) is 4.87. The lowest BCUT2D eigenvalue weighted by Crippen LogP contribution is -2.47. The molecule has 33 heavy (non-hydrogen) atoms. The van der Waals surface area contributed by atoms with Crippen LogP contribution in [0.3, 0.4) is 0 Å². The minimum absolute atomic E-state index is 0.0120. The molecular weight excluding hydrogens is 414 g/mol. The molecule has 6 nitrogen and oxygen atoms in total. The summed E-state index contributed by atoms with van der Waals surface area (Å²) in [7, 11) is 0. The maximum atomic E-state index is 13.2. The average Bonchev–Trinajstić information content (AvgIpc) is 2.78. The first-order valence-electron chi connectivity index (χ1n) is 12.8. The summed E-state index contributed by atoms with van der Waals surface area (Å²) in [4.78, 5) is 28.6. The molecule has 0 unspecified atom stereocenters. The molecule has 1 saturated heterocycles. The zero-order valence-electron chi connectivity index (χ0n) is 19.4. The molecule has 0 atom stereocenters. The van der Waals surface area contributed by atoms with Crippen molar-refractivity contribution in [2.45, 2.75) is 51.5 Å². The Morgan fingerprint density at radius 3 is 2.36 bits per heavy atom. The lowest BCUT2D eigenvalue weighted by Gasteiger charge is -2.56. The van der Waals surface area contributed by atoms with E-state index in [1.165, 1.54) is 38.5 Å². The highest BCUT2D eigenvalue weighted by Crippen LogP contribution is 2.61. The van der Waals surface area contributed by atoms with E-state index in [-0.39, 0.29) is 16.9 Å². The molecule has 4 bridgehead atoms. The number of carbonyl (C=O) groups excluding carboxylic acids is 1. The molecule has 1 N–H and O–H groups in total. The molecule has 1 aromatic heterocycles. The van der Waals surface area contributed by atoms with Crippen LogP contribution < -0.4 is 10.9 Å². The predicted molar refractivity (Wildman–Crippen MR) is 129 cm³/mol. The van der Waals surface area contributed by atoms with Gasteiger partial charge in [0.2, 0.25) is 5.91 Å². The SMILES string of the molecule is O=C(CC12CC3CC(CC(C3)C1)C2)Nc1cccc2c(=O)n(CCN3CCOCC3)ccc12. The molecule has 5 aliphatic rings. The Balaban J connectivity index is 1.17. The molecule has 1 aliphatic heterocycles. The number of rotatable bonds is 6. The topological polar surface area (TPSA) is 63.6 Å². The van der Waals surface area contributed by atoms with Gasteiger partial charge in [-0.1, -0.05) is 6.07 Å². The second kappa shape index (κ2) is 8.55. The number of hydrogen-bond acceptors (Lipinski definition) is 4. The predicted octanol–water partition coefficient (Wildman–Crippen LogP) is 3.88. The normalized spacial score (nSPS) is 31.2. The molecule has 2 aromatic rings.